The highest BCUT2D eigenvalue weighted by atomic mass is 16.6. The Morgan fingerprint density at radius 2 is 1.84 bits per heavy atom. The number of esters is 1. The van der Waals surface area contributed by atoms with E-state index < -0.39 is 0 Å². The fourth-order valence-corrected chi connectivity index (χ4v) is 1.31. The number of benzene rings is 1. The van der Waals surface area contributed by atoms with Crippen LogP contribution in [-0.4, -0.2) is 32.7 Å². The lowest BCUT2D eigenvalue weighted by Gasteiger charge is -2.06. The third-order valence-electron chi connectivity index (χ3n) is 2.37. The van der Waals surface area contributed by atoms with Crippen molar-refractivity contribution in [2.45, 2.75) is 12.8 Å². The van der Waals surface area contributed by atoms with Gasteiger partial charge in [-0.15, -0.1) is 0 Å². The molecule has 1 aromatic rings. The van der Waals surface area contributed by atoms with E-state index in [4.69, 9.17) is 9.57 Å². The first-order chi connectivity index (χ1) is 9.17. The Morgan fingerprint density at radius 3 is 2.42 bits per heavy atom. The Balaban J connectivity index is 2.25. The second-order valence-electron chi connectivity index (χ2n) is 3.69. The highest BCUT2D eigenvalue weighted by Gasteiger charge is 2.05. The Labute approximate surface area is 111 Å². The fraction of sp³-hybridized carbons (Fsp3) is 0.385. The van der Waals surface area contributed by atoms with Gasteiger partial charge in [-0.25, -0.2) is 5.48 Å². The van der Waals surface area contributed by atoms with Gasteiger partial charge >= 0.3 is 5.97 Å². The van der Waals surface area contributed by atoms with Crippen molar-refractivity contribution in [2.24, 2.45) is 0 Å². The van der Waals surface area contributed by atoms with Crippen LogP contribution in [0.5, 0.6) is 5.75 Å². The molecule has 6 heteroatoms. The molecule has 0 aliphatic carbocycles. The SMILES string of the molecule is COC(=O)CCCONC(=O)c1ccc(OC)cc1. The van der Waals surface area contributed by atoms with Crippen LogP contribution < -0.4 is 10.2 Å². The molecule has 6 nitrogen and oxygen atoms in total. The van der Waals surface area contributed by atoms with Crippen molar-refractivity contribution in [1.29, 1.82) is 0 Å². The monoisotopic (exact) mass is 267 g/mol. The topological polar surface area (TPSA) is 73.9 Å². The average molecular weight is 267 g/mol. The van der Waals surface area contributed by atoms with E-state index >= 15 is 0 Å². The Morgan fingerprint density at radius 1 is 1.16 bits per heavy atom. The molecule has 1 amide bonds. The van der Waals surface area contributed by atoms with Gasteiger partial charge in [0.2, 0.25) is 0 Å². The van der Waals surface area contributed by atoms with Crippen molar-refractivity contribution in [3.05, 3.63) is 29.8 Å². The Hall–Kier alpha value is -2.08. The molecule has 0 spiro atoms. The zero-order valence-electron chi connectivity index (χ0n) is 11.0. The minimum absolute atomic E-state index is 0.247. The fourth-order valence-electron chi connectivity index (χ4n) is 1.31. The summed E-state index contributed by atoms with van der Waals surface area (Å²) in [6.45, 7) is 0.247. The molecule has 1 N–H and O–H groups in total. The van der Waals surface area contributed by atoms with Crippen LogP contribution in [-0.2, 0) is 14.4 Å². The molecule has 0 bridgehead atoms. The number of hydrogen-bond donors (Lipinski definition) is 1. The first kappa shape index (κ1) is 15.0. The molecule has 0 heterocycles. The van der Waals surface area contributed by atoms with E-state index in [1.165, 1.54) is 7.11 Å². The zero-order chi connectivity index (χ0) is 14.1. The molecule has 0 aliphatic heterocycles. The van der Waals surface area contributed by atoms with Crippen molar-refractivity contribution in [3.63, 3.8) is 0 Å². The Kier molecular flexibility index (Phi) is 6.38. The predicted molar refractivity (Wildman–Crippen MR) is 67.7 cm³/mol. The summed E-state index contributed by atoms with van der Waals surface area (Å²) in [5.74, 6) is 0.0290. The molecule has 0 aromatic heterocycles. The highest BCUT2D eigenvalue weighted by molar-refractivity contribution is 5.93. The molecule has 0 radical (unpaired) electrons. The normalized spacial score (nSPS) is 9.79. The number of hydrogen-bond acceptors (Lipinski definition) is 5. The van der Waals surface area contributed by atoms with Gasteiger partial charge in [-0.05, 0) is 30.7 Å². The van der Waals surface area contributed by atoms with Crippen LogP contribution in [0, 0.1) is 0 Å². The number of ether oxygens (including phenoxy) is 2. The number of nitrogens with one attached hydrogen (secondary N) is 1. The minimum Gasteiger partial charge on any atom is -0.497 e. The van der Waals surface area contributed by atoms with Gasteiger partial charge in [0.15, 0.2) is 0 Å². The predicted octanol–water partition coefficient (Wildman–Crippen LogP) is 1.31. The molecule has 0 unspecified atom stereocenters. The van der Waals surface area contributed by atoms with Gasteiger partial charge in [-0.2, -0.15) is 0 Å². The summed E-state index contributed by atoms with van der Waals surface area (Å²) in [5, 5.41) is 0. The van der Waals surface area contributed by atoms with Crippen molar-refractivity contribution < 1.29 is 23.9 Å². The van der Waals surface area contributed by atoms with Crippen molar-refractivity contribution >= 4 is 11.9 Å². The number of hydroxylamine groups is 1. The third kappa shape index (κ3) is 5.39. The largest absolute Gasteiger partial charge is 0.497 e. The molecule has 104 valence electrons. The van der Waals surface area contributed by atoms with Crippen LogP contribution in [0.3, 0.4) is 0 Å². The van der Waals surface area contributed by atoms with Gasteiger partial charge in [0.25, 0.3) is 5.91 Å². The number of amides is 1. The molecular weight excluding hydrogens is 250 g/mol. The van der Waals surface area contributed by atoms with Crippen LogP contribution in [0.4, 0.5) is 0 Å². The molecular formula is C13H17NO5. The molecule has 0 atom stereocenters. The molecule has 1 rings (SSSR count). The van der Waals surface area contributed by atoms with Crippen molar-refractivity contribution in [3.8, 4) is 5.75 Å². The summed E-state index contributed by atoms with van der Waals surface area (Å²) in [5.41, 5.74) is 2.76. The lowest BCUT2D eigenvalue weighted by Crippen LogP contribution is -2.24. The number of carbonyl (C=O) groups excluding carboxylic acids is 2. The summed E-state index contributed by atoms with van der Waals surface area (Å²) in [6.07, 6.45) is 0.741. The molecule has 0 saturated heterocycles. The maximum Gasteiger partial charge on any atom is 0.305 e. The lowest BCUT2D eigenvalue weighted by molar-refractivity contribution is -0.141. The molecule has 19 heavy (non-hydrogen) atoms. The summed E-state index contributed by atoms with van der Waals surface area (Å²) < 4.78 is 9.46. The van der Waals surface area contributed by atoms with E-state index in [9.17, 15) is 9.59 Å². The van der Waals surface area contributed by atoms with E-state index in [1.54, 1.807) is 31.4 Å². The quantitative estimate of drug-likeness (QED) is 0.458. The first-order valence-electron chi connectivity index (χ1n) is 5.80. The number of rotatable bonds is 7. The molecule has 0 aliphatic rings. The smallest absolute Gasteiger partial charge is 0.305 e. The molecule has 0 fully saturated rings. The van der Waals surface area contributed by atoms with E-state index in [0.717, 1.165) is 0 Å². The van der Waals surface area contributed by atoms with Gasteiger partial charge in [0.1, 0.15) is 5.75 Å². The van der Waals surface area contributed by atoms with Gasteiger partial charge in [0, 0.05) is 12.0 Å². The van der Waals surface area contributed by atoms with E-state index in [1.807, 2.05) is 0 Å². The number of methoxy groups -OCH3 is 2. The maximum absolute atomic E-state index is 11.6. The van der Waals surface area contributed by atoms with E-state index in [-0.39, 0.29) is 24.9 Å². The molecule has 0 saturated carbocycles. The van der Waals surface area contributed by atoms with Gasteiger partial charge in [0.05, 0.1) is 20.8 Å². The van der Waals surface area contributed by atoms with Crippen LogP contribution in [0.25, 0.3) is 0 Å². The van der Waals surface area contributed by atoms with Crippen LogP contribution in [0.2, 0.25) is 0 Å². The third-order valence-corrected chi connectivity index (χ3v) is 2.37. The summed E-state index contributed by atoms with van der Waals surface area (Å²) >= 11 is 0. The maximum atomic E-state index is 11.6. The van der Waals surface area contributed by atoms with Crippen molar-refractivity contribution in [1.82, 2.24) is 5.48 Å². The average Bonchev–Trinajstić information content (AvgIpc) is 2.46. The van der Waals surface area contributed by atoms with Gasteiger partial charge in [-0.3, -0.25) is 14.4 Å². The van der Waals surface area contributed by atoms with Crippen LogP contribution in [0.1, 0.15) is 23.2 Å². The summed E-state index contributed by atoms with van der Waals surface area (Å²) in [4.78, 5) is 27.4. The Bertz CT molecular complexity index is 416. The van der Waals surface area contributed by atoms with Crippen LogP contribution in [0.15, 0.2) is 24.3 Å². The number of carbonyl (C=O) groups is 2. The van der Waals surface area contributed by atoms with E-state index in [2.05, 4.69) is 10.2 Å². The zero-order valence-corrected chi connectivity index (χ0v) is 11.0. The second kappa shape index (κ2) is 8.10. The van der Waals surface area contributed by atoms with E-state index in [0.29, 0.717) is 17.7 Å². The molecule has 1 aromatic carbocycles. The lowest BCUT2D eigenvalue weighted by atomic mass is 10.2. The van der Waals surface area contributed by atoms with Gasteiger partial charge in [-0.1, -0.05) is 0 Å². The van der Waals surface area contributed by atoms with Gasteiger partial charge < -0.3 is 9.47 Å². The van der Waals surface area contributed by atoms with Crippen molar-refractivity contribution in [2.75, 3.05) is 20.8 Å². The summed E-state index contributed by atoms with van der Waals surface area (Å²) in [6, 6.07) is 6.64. The standard InChI is InChI=1S/C13H17NO5/c1-17-11-7-5-10(6-8-11)13(16)14-19-9-3-4-12(15)18-2/h5-8H,3-4,9H2,1-2H3,(H,14,16). The van der Waals surface area contributed by atoms with Crippen LogP contribution >= 0.6 is 0 Å². The first-order valence-corrected chi connectivity index (χ1v) is 5.80. The minimum atomic E-state index is -0.347. The summed E-state index contributed by atoms with van der Waals surface area (Å²) in [7, 11) is 2.88. The highest BCUT2D eigenvalue weighted by Crippen LogP contribution is 2.10. The second-order valence-corrected chi connectivity index (χ2v) is 3.69.